The molecule has 0 amide bonds. The van der Waals surface area contributed by atoms with E-state index in [1.165, 1.54) is 5.56 Å². The van der Waals surface area contributed by atoms with Crippen LogP contribution in [-0.4, -0.2) is 37.2 Å². The zero-order chi connectivity index (χ0) is 13.8. The van der Waals surface area contributed by atoms with Gasteiger partial charge in [-0.25, -0.2) is 0 Å². The lowest BCUT2D eigenvalue weighted by atomic mass is 9.97. The second kappa shape index (κ2) is 7.04. The SMILES string of the molecule is CCCN1CCOC(CN)C1c1ccc(Cl)cc1Br. The first-order valence-corrected chi connectivity index (χ1v) is 7.85. The molecule has 5 heteroatoms. The molecule has 2 rings (SSSR count). The Morgan fingerprint density at radius 2 is 2.32 bits per heavy atom. The van der Waals surface area contributed by atoms with E-state index in [1.54, 1.807) is 0 Å². The predicted molar refractivity (Wildman–Crippen MR) is 82.6 cm³/mol. The molecule has 0 bridgehead atoms. The normalized spacial score (nSPS) is 24.6. The van der Waals surface area contributed by atoms with Gasteiger partial charge in [-0.1, -0.05) is 40.5 Å². The van der Waals surface area contributed by atoms with Gasteiger partial charge in [0.25, 0.3) is 0 Å². The van der Waals surface area contributed by atoms with Crippen molar-refractivity contribution in [2.24, 2.45) is 5.73 Å². The van der Waals surface area contributed by atoms with E-state index in [-0.39, 0.29) is 12.1 Å². The lowest BCUT2D eigenvalue weighted by Crippen LogP contribution is -2.48. The standard InChI is InChI=1S/C14H20BrClN2O/c1-2-5-18-6-7-19-13(9-17)14(18)11-4-3-10(16)8-12(11)15/h3-4,8,13-14H,2,5-7,9,17H2,1H3. The van der Waals surface area contributed by atoms with Crippen molar-refractivity contribution in [1.29, 1.82) is 0 Å². The quantitative estimate of drug-likeness (QED) is 0.909. The van der Waals surface area contributed by atoms with Crippen LogP contribution in [0.5, 0.6) is 0 Å². The van der Waals surface area contributed by atoms with Crippen molar-refractivity contribution in [2.75, 3.05) is 26.2 Å². The Balaban J connectivity index is 2.33. The molecule has 1 saturated heterocycles. The van der Waals surface area contributed by atoms with Crippen LogP contribution in [0.15, 0.2) is 22.7 Å². The summed E-state index contributed by atoms with van der Waals surface area (Å²) >= 11 is 9.63. The summed E-state index contributed by atoms with van der Waals surface area (Å²) < 4.78 is 6.86. The zero-order valence-electron chi connectivity index (χ0n) is 11.1. The monoisotopic (exact) mass is 346 g/mol. The fourth-order valence-corrected chi connectivity index (χ4v) is 3.58. The minimum Gasteiger partial charge on any atom is -0.374 e. The number of nitrogens with zero attached hydrogens (tertiary/aromatic N) is 1. The Hall–Kier alpha value is -0.130. The molecule has 2 atom stereocenters. The Labute approximate surface area is 128 Å². The lowest BCUT2D eigenvalue weighted by Gasteiger charge is -2.41. The average molecular weight is 348 g/mol. The summed E-state index contributed by atoms with van der Waals surface area (Å²) in [6, 6.07) is 6.12. The van der Waals surface area contributed by atoms with E-state index in [1.807, 2.05) is 12.1 Å². The summed E-state index contributed by atoms with van der Waals surface area (Å²) in [6.45, 7) is 5.48. The maximum Gasteiger partial charge on any atom is 0.0894 e. The number of rotatable bonds is 4. The Morgan fingerprint density at radius 1 is 1.53 bits per heavy atom. The largest absolute Gasteiger partial charge is 0.374 e. The fraction of sp³-hybridized carbons (Fsp3) is 0.571. The molecule has 1 aromatic rings. The van der Waals surface area contributed by atoms with Crippen LogP contribution in [0.25, 0.3) is 0 Å². The van der Waals surface area contributed by atoms with Gasteiger partial charge < -0.3 is 10.5 Å². The van der Waals surface area contributed by atoms with E-state index in [0.717, 1.165) is 35.6 Å². The minimum atomic E-state index is 0.0396. The van der Waals surface area contributed by atoms with E-state index in [2.05, 4.69) is 33.8 Å². The van der Waals surface area contributed by atoms with Crippen molar-refractivity contribution in [2.45, 2.75) is 25.5 Å². The molecule has 1 aliphatic heterocycles. The molecule has 0 aromatic heterocycles. The highest BCUT2D eigenvalue weighted by molar-refractivity contribution is 9.10. The molecule has 1 fully saturated rings. The molecule has 106 valence electrons. The number of hydrogen-bond acceptors (Lipinski definition) is 3. The van der Waals surface area contributed by atoms with E-state index in [9.17, 15) is 0 Å². The maximum absolute atomic E-state index is 6.02. The first-order chi connectivity index (χ1) is 9.17. The number of morpholine rings is 1. The number of ether oxygens (including phenoxy) is 1. The van der Waals surface area contributed by atoms with Gasteiger partial charge in [-0.3, -0.25) is 4.90 Å². The molecule has 1 aromatic carbocycles. The van der Waals surface area contributed by atoms with E-state index < -0.39 is 0 Å². The molecular formula is C14H20BrClN2O. The third kappa shape index (κ3) is 3.50. The van der Waals surface area contributed by atoms with Crippen molar-refractivity contribution in [1.82, 2.24) is 4.90 Å². The molecule has 1 aliphatic rings. The first kappa shape index (κ1) is 15.3. The number of hydrogen-bond donors (Lipinski definition) is 1. The summed E-state index contributed by atoms with van der Waals surface area (Å²) in [5.41, 5.74) is 7.08. The molecule has 19 heavy (non-hydrogen) atoms. The highest BCUT2D eigenvalue weighted by atomic mass is 79.9. The summed E-state index contributed by atoms with van der Waals surface area (Å²) in [4.78, 5) is 2.45. The van der Waals surface area contributed by atoms with Crippen LogP contribution < -0.4 is 5.73 Å². The minimum absolute atomic E-state index is 0.0396. The van der Waals surface area contributed by atoms with Crippen LogP contribution in [0.2, 0.25) is 5.02 Å². The number of nitrogens with two attached hydrogens (primary N) is 1. The second-order valence-electron chi connectivity index (χ2n) is 4.79. The number of benzene rings is 1. The molecule has 0 radical (unpaired) electrons. The number of halogens is 2. The summed E-state index contributed by atoms with van der Waals surface area (Å²) in [5, 5.41) is 0.735. The van der Waals surface area contributed by atoms with Gasteiger partial charge in [-0.05, 0) is 30.7 Å². The Morgan fingerprint density at radius 3 is 2.95 bits per heavy atom. The van der Waals surface area contributed by atoms with Gasteiger partial charge >= 0.3 is 0 Å². The van der Waals surface area contributed by atoms with Crippen molar-refractivity contribution in [3.8, 4) is 0 Å². The molecule has 0 aliphatic carbocycles. The van der Waals surface area contributed by atoms with Crippen LogP contribution >= 0.6 is 27.5 Å². The van der Waals surface area contributed by atoms with Crippen molar-refractivity contribution in [3.05, 3.63) is 33.3 Å². The van der Waals surface area contributed by atoms with E-state index >= 15 is 0 Å². The van der Waals surface area contributed by atoms with Crippen LogP contribution in [0.4, 0.5) is 0 Å². The van der Waals surface area contributed by atoms with Gasteiger partial charge in [-0.15, -0.1) is 0 Å². The molecular weight excluding hydrogens is 328 g/mol. The topological polar surface area (TPSA) is 38.5 Å². The van der Waals surface area contributed by atoms with Gasteiger partial charge in [0, 0.05) is 22.6 Å². The van der Waals surface area contributed by atoms with Gasteiger partial charge in [-0.2, -0.15) is 0 Å². The summed E-state index contributed by atoms with van der Waals surface area (Å²) in [7, 11) is 0. The van der Waals surface area contributed by atoms with E-state index in [4.69, 9.17) is 22.1 Å². The summed E-state index contributed by atoms with van der Waals surface area (Å²) in [5.74, 6) is 0. The van der Waals surface area contributed by atoms with Crippen LogP contribution in [0.1, 0.15) is 24.9 Å². The van der Waals surface area contributed by atoms with Crippen molar-refractivity contribution in [3.63, 3.8) is 0 Å². The van der Waals surface area contributed by atoms with E-state index in [0.29, 0.717) is 6.54 Å². The lowest BCUT2D eigenvalue weighted by molar-refractivity contribution is -0.0678. The van der Waals surface area contributed by atoms with Crippen LogP contribution in [0.3, 0.4) is 0 Å². The highest BCUT2D eigenvalue weighted by Crippen LogP contribution is 2.35. The maximum atomic E-state index is 6.02. The first-order valence-electron chi connectivity index (χ1n) is 6.68. The van der Waals surface area contributed by atoms with Gasteiger partial charge in [0.05, 0.1) is 18.8 Å². The molecule has 0 spiro atoms. The highest BCUT2D eigenvalue weighted by Gasteiger charge is 2.33. The zero-order valence-corrected chi connectivity index (χ0v) is 13.5. The van der Waals surface area contributed by atoms with Crippen LogP contribution in [0, 0.1) is 0 Å². The van der Waals surface area contributed by atoms with Gasteiger partial charge in [0.1, 0.15) is 0 Å². The fourth-order valence-electron chi connectivity index (χ4n) is 2.66. The third-order valence-electron chi connectivity index (χ3n) is 3.48. The smallest absolute Gasteiger partial charge is 0.0894 e. The second-order valence-corrected chi connectivity index (χ2v) is 6.08. The Kier molecular flexibility index (Phi) is 5.66. The van der Waals surface area contributed by atoms with Crippen molar-refractivity contribution >= 4 is 27.5 Å². The predicted octanol–water partition coefficient (Wildman–Crippen LogP) is 3.21. The third-order valence-corrected chi connectivity index (χ3v) is 4.40. The molecule has 0 saturated carbocycles. The molecule has 2 N–H and O–H groups in total. The molecule has 1 heterocycles. The average Bonchev–Trinajstić information content (AvgIpc) is 2.39. The Bertz CT molecular complexity index is 428. The van der Waals surface area contributed by atoms with Crippen LogP contribution in [-0.2, 0) is 4.74 Å². The molecule has 2 unspecified atom stereocenters. The van der Waals surface area contributed by atoms with Gasteiger partial charge in [0.2, 0.25) is 0 Å². The van der Waals surface area contributed by atoms with Gasteiger partial charge in [0.15, 0.2) is 0 Å². The molecule has 3 nitrogen and oxygen atoms in total. The van der Waals surface area contributed by atoms with Crippen molar-refractivity contribution < 1.29 is 4.74 Å². The summed E-state index contributed by atoms with van der Waals surface area (Å²) in [6.07, 6.45) is 1.16.